The molecule has 0 radical (unpaired) electrons. The number of hydrogen-bond donors (Lipinski definition) is 1. The topological polar surface area (TPSA) is 59.9 Å². The lowest BCUT2D eigenvalue weighted by Crippen LogP contribution is -2.20. The largest absolute Gasteiger partial charge is 0.496 e. The summed E-state index contributed by atoms with van der Waals surface area (Å²) in [6.07, 6.45) is -0.568. The summed E-state index contributed by atoms with van der Waals surface area (Å²) in [5.41, 5.74) is 3.78. The number of carbonyl (C=O) groups is 1. The van der Waals surface area contributed by atoms with E-state index in [4.69, 9.17) is 9.47 Å². The first-order valence-corrected chi connectivity index (χ1v) is 5.29. The number of hydrazone groups is 1. The first kappa shape index (κ1) is 13.0. The van der Waals surface area contributed by atoms with E-state index < -0.39 is 6.09 Å². The Hall–Kier alpha value is -2.04. The van der Waals surface area contributed by atoms with Gasteiger partial charge in [-0.3, -0.25) is 0 Å². The molecular formula is C12H16N2O3. The fourth-order valence-electron chi connectivity index (χ4n) is 1.30. The van der Waals surface area contributed by atoms with Crippen molar-refractivity contribution < 1.29 is 14.3 Å². The van der Waals surface area contributed by atoms with E-state index in [9.17, 15) is 4.79 Å². The zero-order valence-electron chi connectivity index (χ0n) is 10.2. The minimum absolute atomic E-state index is 0.315. The van der Waals surface area contributed by atoms with Crippen LogP contribution in [0, 0.1) is 0 Å². The molecule has 1 N–H and O–H groups in total. The van der Waals surface area contributed by atoms with Crippen LogP contribution in [0.5, 0.6) is 5.75 Å². The van der Waals surface area contributed by atoms with E-state index in [1.165, 1.54) is 0 Å². The van der Waals surface area contributed by atoms with Crippen LogP contribution in [0.25, 0.3) is 0 Å². The van der Waals surface area contributed by atoms with Crippen molar-refractivity contribution in [2.24, 2.45) is 5.10 Å². The Morgan fingerprint density at radius 2 is 2.12 bits per heavy atom. The van der Waals surface area contributed by atoms with Crippen LogP contribution >= 0.6 is 0 Å². The van der Waals surface area contributed by atoms with E-state index in [0.29, 0.717) is 18.1 Å². The number of amides is 1. The van der Waals surface area contributed by atoms with Crippen LogP contribution in [0.3, 0.4) is 0 Å². The van der Waals surface area contributed by atoms with Gasteiger partial charge in [0, 0.05) is 5.56 Å². The Bertz CT molecular complexity index is 416. The molecule has 0 spiro atoms. The van der Waals surface area contributed by atoms with Crippen molar-refractivity contribution >= 4 is 11.8 Å². The van der Waals surface area contributed by atoms with Crippen LogP contribution in [-0.2, 0) is 4.74 Å². The molecule has 0 aliphatic rings. The summed E-state index contributed by atoms with van der Waals surface area (Å²) in [5.74, 6) is 0.708. The van der Waals surface area contributed by atoms with Crippen molar-refractivity contribution in [2.75, 3.05) is 13.7 Å². The van der Waals surface area contributed by atoms with Gasteiger partial charge in [0.05, 0.1) is 19.4 Å². The number of ether oxygens (including phenoxy) is 2. The monoisotopic (exact) mass is 236 g/mol. The van der Waals surface area contributed by atoms with Gasteiger partial charge in [-0.25, -0.2) is 10.2 Å². The first-order valence-electron chi connectivity index (χ1n) is 5.29. The summed E-state index contributed by atoms with van der Waals surface area (Å²) in [6, 6.07) is 7.44. The summed E-state index contributed by atoms with van der Waals surface area (Å²) < 4.78 is 9.89. The van der Waals surface area contributed by atoms with Crippen molar-refractivity contribution in [1.29, 1.82) is 0 Å². The Morgan fingerprint density at radius 3 is 2.76 bits per heavy atom. The van der Waals surface area contributed by atoms with E-state index in [1.807, 2.05) is 24.3 Å². The van der Waals surface area contributed by atoms with Gasteiger partial charge in [-0.15, -0.1) is 0 Å². The number of para-hydroxylation sites is 1. The molecule has 0 unspecified atom stereocenters. The number of benzene rings is 1. The lowest BCUT2D eigenvalue weighted by molar-refractivity contribution is 0.152. The minimum Gasteiger partial charge on any atom is -0.496 e. The fraction of sp³-hybridized carbons (Fsp3) is 0.333. The summed E-state index contributed by atoms with van der Waals surface area (Å²) >= 11 is 0. The average Bonchev–Trinajstić information content (AvgIpc) is 2.36. The van der Waals surface area contributed by atoms with E-state index in [0.717, 1.165) is 5.56 Å². The predicted octanol–water partition coefficient (Wildman–Crippen LogP) is 2.17. The Morgan fingerprint density at radius 1 is 1.41 bits per heavy atom. The summed E-state index contributed by atoms with van der Waals surface area (Å²) in [4.78, 5) is 11.1. The molecule has 0 heterocycles. The van der Waals surface area contributed by atoms with Gasteiger partial charge in [0.1, 0.15) is 5.75 Å². The molecule has 5 heteroatoms. The standard InChI is InChI=1S/C12H16N2O3/c1-4-17-12(15)14-13-9(2)10-7-5-6-8-11(10)16-3/h5-8H,4H2,1-3H3,(H,14,15)/b13-9+. The molecular weight excluding hydrogens is 220 g/mol. The molecule has 0 saturated heterocycles. The van der Waals surface area contributed by atoms with Gasteiger partial charge < -0.3 is 9.47 Å². The Labute approximate surface area is 100 Å². The van der Waals surface area contributed by atoms with E-state index in [2.05, 4.69) is 10.5 Å². The van der Waals surface area contributed by atoms with E-state index in [1.54, 1.807) is 21.0 Å². The molecule has 17 heavy (non-hydrogen) atoms. The van der Waals surface area contributed by atoms with Crippen molar-refractivity contribution in [1.82, 2.24) is 5.43 Å². The quantitative estimate of drug-likeness (QED) is 0.643. The lowest BCUT2D eigenvalue weighted by Gasteiger charge is -2.07. The summed E-state index contributed by atoms with van der Waals surface area (Å²) in [6.45, 7) is 3.83. The van der Waals surface area contributed by atoms with Gasteiger partial charge >= 0.3 is 6.09 Å². The molecule has 0 fully saturated rings. The third kappa shape index (κ3) is 3.79. The van der Waals surface area contributed by atoms with Crippen LogP contribution in [0.2, 0.25) is 0 Å². The molecule has 1 aromatic carbocycles. The van der Waals surface area contributed by atoms with Crippen molar-refractivity contribution in [2.45, 2.75) is 13.8 Å². The Balaban J connectivity index is 2.77. The average molecular weight is 236 g/mol. The normalized spacial score (nSPS) is 10.9. The Kier molecular flexibility index (Phi) is 5.00. The summed E-state index contributed by atoms with van der Waals surface area (Å²) in [7, 11) is 1.59. The predicted molar refractivity (Wildman–Crippen MR) is 65.4 cm³/mol. The van der Waals surface area contributed by atoms with Crippen LogP contribution < -0.4 is 10.2 Å². The highest BCUT2D eigenvalue weighted by molar-refractivity contribution is 6.01. The second-order valence-corrected chi connectivity index (χ2v) is 3.23. The van der Waals surface area contributed by atoms with Gasteiger partial charge in [0.15, 0.2) is 0 Å². The number of methoxy groups -OCH3 is 1. The van der Waals surface area contributed by atoms with Crippen molar-refractivity contribution in [3.8, 4) is 5.75 Å². The van der Waals surface area contributed by atoms with Gasteiger partial charge in [-0.05, 0) is 26.0 Å². The molecule has 1 aromatic rings. The smallest absolute Gasteiger partial charge is 0.427 e. The highest BCUT2D eigenvalue weighted by Crippen LogP contribution is 2.17. The zero-order chi connectivity index (χ0) is 12.7. The maximum atomic E-state index is 11.1. The van der Waals surface area contributed by atoms with Crippen LogP contribution in [-0.4, -0.2) is 25.5 Å². The molecule has 1 amide bonds. The number of rotatable bonds is 4. The third-order valence-corrected chi connectivity index (χ3v) is 2.09. The van der Waals surface area contributed by atoms with Gasteiger partial charge in [-0.1, -0.05) is 12.1 Å². The number of hydrogen-bond acceptors (Lipinski definition) is 4. The van der Waals surface area contributed by atoms with Gasteiger partial charge in [0.2, 0.25) is 0 Å². The van der Waals surface area contributed by atoms with Crippen LogP contribution in [0.1, 0.15) is 19.4 Å². The molecule has 92 valence electrons. The third-order valence-electron chi connectivity index (χ3n) is 2.09. The van der Waals surface area contributed by atoms with Gasteiger partial charge in [-0.2, -0.15) is 5.10 Å². The SMILES string of the molecule is CCOC(=O)N/N=C(\C)c1ccccc1OC. The molecule has 0 saturated carbocycles. The number of nitrogens with zero attached hydrogens (tertiary/aromatic N) is 1. The maximum absolute atomic E-state index is 11.1. The van der Waals surface area contributed by atoms with Crippen molar-refractivity contribution in [3.63, 3.8) is 0 Å². The second kappa shape index (κ2) is 6.52. The van der Waals surface area contributed by atoms with Crippen molar-refractivity contribution in [3.05, 3.63) is 29.8 Å². The minimum atomic E-state index is -0.568. The zero-order valence-corrected chi connectivity index (χ0v) is 10.2. The first-order chi connectivity index (χ1) is 8.19. The van der Waals surface area contributed by atoms with E-state index in [-0.39, 0.29) is 0 Å². The summed E-state index contributed by atoms with van der Waals surface area (Å²) in [5, 5.41) is 3.93. The number of nitrogens with one attached hydrogen (secondary N) is 1. The van der Waals surface area contributed by atoms with Gasteiger partial charge in [0.25, 0.3) is 0 Å². The van der Waals surface area contributed by atoms with Crippen LogP contribution in [0.15, 0.2) is 29.4 Å². The van der Waals surface area contributed by atoms with E-state index >= 15 is 0 Å². The molecule has 0 aromatic heterocycles. The molecule has 0 atom stereocenters. The molecule has 0 aliphatic carbocycles. The molecule has 0 bridgehead atoms. The second-order valence-electron chi connectivity index (χ2n) is 3.23. The molecule has 0 aliphatic heterocycles. The molecule has 5 nitrogen and oxygen atoms in total. The highest BCUT2D eigenvalue weighted by Gasteiger charge is 2.05. The van der Waals surface area contributed by atoms with Crippen LogP contribution in [0.4, 0.5) is 4.79 Å². The maximum Gasteiger partial charge on any atom is 0.427 e. The fourth-order valence-corrected chi connectivity index (χ4v) is 1.30. The highest BCUT2D eigenvalue weighted by atomic mass is 16.5. The lowest BCUT2D eigenvalue weighted by atomic mass is 10.1. The number of carbonyl (C=O) groups excluding carboxylic acids is 1. The molecule has 1 rings (SSSR count).